The lowest BCUT2D eigenvalue weighted by Gasteiger charge is -2.49. The maximum atomic E-state index is 14.3. The van der Waals surface area contributed by atoms with Crippen LogP contribution in [0.4, 0.5) is 0 Å². The predicted octanol–water partition coefficient (Wildman–Crippen LogP) is 10.1. The molecule has 0 spiro atoms. The lowest BCUT2D eigenvalue weighted by Crippen LogP contribution is -2.69. The molecule has 0 aromatic heterocycles. The largest absolute Gasteiger partial charge is 0.472 e. The summed E-state index contributed by atoms with van der Waals surface area (Å²) < 4.78 is 65.0. The van der Waals surface area contributed by atoms with E-state index < -0.39 is 156 Å². The molecule has 1 aliphatic carbocycles. The highest BCUT2D eigenvalue weighted by Crippen LogP contribution is 2.49. The molecule has 0 bridgehead atoms. The topological polar surface area (TPSA) is 374 Å². The summed E-state index contributed by atoms with van der Waals surface area (Å²) in [5.41, 5.74) is 0. The smallest absolute Gasteiger partial charge is 0.463 e. The Morgan fingerprint density at radius 1 is 0.392 bits per heavy atom. The Labute approximate surface area is 579 Å². The Morgan fingerprint density at radius 2 is 0.722 bits per heavy atom. The van der Waals surface area contributed by atoms with Gasteiger partial charge in [0, 0.05) is 19.3 Å². The number of hydrogen-bond donors (Lipinski definition) is 11. The second-order valence-electron chi connectivity index (χ2n) is 27.0. The van der Waals surface area contributed by atoms with Crippen LogP contribution in [0.15, 0.2) is 24.3 Å². The maximum Gasteiger partial charge on any atom is 0.472 e. The van der Waals surface area contributed by atoms with Crippen molar-refractivity contribution in [2.24, 2.45) is 0 Å². The molecule has 0 amide bonds. The van der Waals surface area contributed by atoms with Crippen LogP contribution in [-0.4, -0.2) is 204 Å². The monoisotopic (exact) mass is 1410 g/mol. The van der Waals surface area contributed by atoms with Gasteiger partial charge in [0.2, 0.25) is 0 Å². The third kappa shape index (κ3) is 37.4. The number of unbranched alkanes of at least 4 members (excludes halogenated alkanes) is 33. The van der Waals surface area contributed by atoms with Crippen molar-refractivity contribution in [2.75, 3.05) is 26.4 Å². The normalized spacial score (nSPS) is 27.9. The summed E-state index contributed by atoms with van der Waals surface area (Å²) in [4.78, 5) is 50.9. The predicted molar refractivity (Wildman–Crippen MR) is 365 cm³/mol. The van der Waals surface area contributed by atoms with Crippen LogP contribution in [0.1, 0.15) is 284 Å². The number of aliphatic hydroxyl groups is 10. The number of hydrogen-bond acceptors (Lipinski definition) is 23. The van der Waals surface area contributed by atoms with Crippen LogP contribution in [0.5, 0.6) is 0 Å². The lowest BCUT2D eigenvalue weighted by molar-refractivity contribution is -0.360. The van der Waals surface area contributed by atoms with E-state index in [1.807, 2.05) is 0 Å². The molecule has 3 aliphatic rings. The highest BCUT2D eigenvalue weighted by atomic mass is 31.2. The van der Waals surface area contributed by atoms with Crippen molar-refractivity contribution >= 4 is 25.7 Å². The zero-order valence-electron chi connectivity index (χ0n) is 59.1. The summed E-state index contributed by atoms with van der Waals surface area (Å²) in [6, 6.07) is 0. The number of allylic oxidation sites excluding steroid dienone is 4. The van der Waals surface area contributed by atoms with Gasteiger partial charge < -0.3 is 89.1 Å². The van der Waals surface area contributed by atoms with Gasteiger partial charge in [0.25, 0.3) is 0 Å². The van der Waals surface area contributed by atoms with Crippen molar-refractivity contribution in [1.29, 1.82) is 0 Å². The molecule has 18 atom stereocenters. The molecule has 0 radical (unpaired) electrons. The Morgan fingerprint density at radius 3 is 1.12 bits per heavy atom. The van der Waals surface area contributed by atoms with Crippen LogP contribution < -0.4 is 0 Å². The minimum atomic E-state index is -5.70. The van der Waals surface area contributed by atoms with Crippen molar-refractivity contribution < 1.29 is 117 Å². The Balaban J connectivity index is 1.74. The van der Waals surface area contributed by atoms with Gasteiger partial charge in [-0.1, -0.05) is 218 Å². The molecular formula is C72H131O24P. The number of ether oxygens (including phenoxy) is 7. The molecule has 0 aromatic carbocycles. The fourth-order valence-electron chi connectivity index (χ4n) is 12.3. The summed E-state index contributed by atoms with van der Waals surface area (Å²) in [7, 11) is -5.70. The first kappa shape index (κ1) is 88.7. The number of carbonyl (C=O) groups is 3. The van der Waals surface area contributed by atoms with Crippen molar-refractivity contribution in [3.63, 3.8) is 0 Å². The molecular weight excluding hydrogens is 1280 g/mol. The van der Waals surface area contributed by atoms with Gasteiger partial charge in [-0.05, 0) is 70.6 Å². The average molecular weight is 1410 g/mol. The summed E-state index contributed by atoms with van der Waals surface area (Å²) >= 11 is 0. The summed E-state index contributed by atoms with van der Waals surface area (Å²) in [6.07, 6.45) is 14.0. The molecule has 568 valence electrons. The van der Waals surface area contributed by atoms with E-state index in [2.05, 4.69) is 45.1 Å². The van der Waals surface area contributed by atoms with Crippen LogP contribution >= 0.6 is 7.82 Å². The summed E-state index contributed by atoms with van der Waals surface area (Å²) in [6.45, 7) is 3.41. The fraction of sp³-hybridized carbons (Fsp3) is 0.903. The first-order valence-electron chi connectivity index (χ1n) is 37.6. The zero-order valence-corrected chi connectivity index (χ0v) is 60.0. The second-order valence-corrected chi connectivity index (χ2v) is 28.4. The first-order chi connectivity index (χ1) is 46.8. The molecule has 11 N–H and O–H groups in total. The van der Waals surface area contributed by atoms with Crippen molar-refractivity contribution in [3.05, 3.63) is 24.3 Å². The average Bonchev–Trinajstić information content (AvgIpc) is 0.763. The summed E-state index contributed by atoms with van der Waals surface area (Å²) in [5.74, 6) is -2.02. The van der Waals surface area contributed by atoms with Gasteiger partial charge in [0.1, 0.15) is 98.7 Å². The van der Waals surface area contributed by atoms with E-state index in [0.717, 1.165) is 96.3 Å². The Kier molecular flexibility index (Phi) is 49.5. The fourth-order valence-corrected chi connectivity index (χ4v) is 13.2. The Bertz CT molecular complexity index is 2110. The van der Waals surface area contributed by atoms with Crippen molar-refractivity contribution in [2.45, 2.75) is 388 Å². The van der Waals surface area contributed by atoms with Crippen LogP contribution in [0.2, 0.25) is 0 Å². The van der Waals surface area contributed by atoms with Gasteiger partial charge in [-0.2, -0.15) is 0 Å². The number of phosphoric ester groups is 1. The molecule has 2 heterocycles. The van der Waals surface area contributed by atoms with E-state index in [1.54, 1.807) is 0 Å². The van der Waals surface area contributed by atoms with E-state index >= 15 is 0 Å². The molecule has 97 heavy (non-hydrogen) atoms. The van der Waals surface area contributed by atoms with Gasteiger partial charge in [-0.25, -0.2) is 4.57 Å². The molecule has 1 saturated carbocycles. The number of rotatable bonds is 58. The second kappa shape index (κ2) is 54.1. The maximum absolute atomic E-state index is 14.3. The van der Waals surface area contributed by atoms with Crippen LogP contribution in [0.25, 0.3) is 0 Å². The Hall–Kier alpha value is -2.56. The van der Waals surface area contributed by atoms with E-state index in [-0.39, 0.29) is 19.3 Å². The van der Waals surface area contributed by atoms with Crippen molar-refractivity contribution in [3.8, 4) is 0 Å². The van der Waals surface area contributed by atoms with E-state index in [9.17, 15) is 74.9 Å². The van der Waals surface area contributed by atoms with E-state index in [1.165, 1.54) is 128 Å². The van der Waals surface area contributed by atoms with E-state index in [4.69, 9.17) is 42.2 Å². The molecule has 24 nitrogen and oxygen atoms in total. The highest BCUT2D eigenvalue weighted by Gasteiger charge is 2.58. The lowest BCUT2D eigenvalue weighted by atomic mass is 9.84. The molecule has 18 unspecified atom stereocenters. The molecule has 0 aromatic rings. The van der Waals surface area contributed by atoms with Crippen LogP contribution in [0, 0.1) is 0 Å². The minimum absolute atomic E-state index is 0.00773. The number of esters is 3. The van der Waals surface area contributed by atoms with Gasteiger partial charge in [0.15, 0.2) is 18.7 Å². The molecule has 2 aliphatic heterocycles. The summed E-state index contributed by atoms with van der Waals surface area (Å²) in [5, 5.41) is 110. The number of aliphatic hydroxyl groups excluding tert-OH is 10. The first-order valence-corrected chi connectivity index (χ1v) is 39.1. The standard InChI is InChI=1S/C72H131O24P/c1-4-7-10-13-16-19-22-25-26-27-30-33-36-39-42-45-48-58(76)91-53(50-88-56(74)46-43-40-37-34-31-28-23-20-17-14-11-8-5-2)51-90-97(86,87)96-70-68(94-71-66(84)61(79)59(77)54(49-73)92-71)64(82)63(81)65(83)69(70)95-72-67(85)62(80)60(78)55(93-72)52-89-57(75)47-44-41-38-35-32-29-24-21-18-15-12-9-6-3/h28-29,31-32,53-55,59-73,77-85H,4-27,30,33-52H2,1-3H3,(H,86,87)/b31-28-,32-29-. The van der Waals surface area contributed by atoms with Crippen molar-refractivity contribution in [1.82, 2.24) is 0 Å². The number of phosphoric acid groups is 1. The molecule has 3 rings (SSSR count). The third-order valence-electron chi connectivity index (χ3n) is 18.5. The molecule has 2 saturated heterocycles. The van der Waals surface area contributed by atoms with Gasteiger partial charge in [-0.3, -0.25) is 23.4 Å². The third-order valence-corrected chi connectivity index (χ3v) is 19.4. The van der Waals surface area contributed by atoms with Gasteiger partial charge in [-0.15, -0.1) is 0 Å². The SMILES string of the molecule is CCCCCCCC/C=C\CCCCCC(=O)OCC(COP(=O)(O)OC1C(OC2OC(CO)C(O)C(O)C2O)C(O)C(O)C(O)C1OC1OC(COC(=O)CCCCC/C=C\CCCCCCCC)C(O)C(O)C1O)OC(=O)CCCCCCCCCCCCCCCCCC. The zero-order chi connectivity index (χ0) is 71.1. The van der Waals surface area contributed by atoms with Gasteiger partial charge >= 0.3 is 25.7 Å². The number of carbonyl (C=O) groups excluding carboxylic acids is 3. The molecule has 3 fully saturated rings. The van der Waals surface area contributed by atoms with Gasteiger partial charge in [0.05, 0.1) is 13.2 Å². The van der Waals surface area contributed by atoms with E-state index in [0.29, 0.717) is 19.3 Å². The van der Waals surface area contributed by atoms with Crippen LogP contribution in [0.3, 0.4) is 0 Å². The molecule has 25 heteroatoms. The quantitative estimate of drug-likeness (QED) is 0.00886. The highest BCUT2D eigenvalue weighted by molar-refractivity contribution is 7.47. The minimum Gasteiger partial charge on any atom is -0.463 e. The van der Waals surface area contributed by atoms with Crippen LogP contribution in [-0.2, 0) is 61.2 Å².